The highest BCUT2D eigenvalue weighted by Crippen LogP contribution is 2.09. The Balaban J connectivity index is 1.96. The van der Waals surface area contributed by atoms with Crippen molar-refractivity contribution in [2.45, 2.75) is 6.92 Å². The molecule has 0 unspecified atom stereocenters. The van der Waals surface area contributed by atoms with Crippen molar-refractivity contribution in [3.05, 3.63) is 48.5 Å². The minimum absolute atomic E-state index is 0.129. The van der Waals surface area contributed by atoms with Crippen LogP contribution in [0.4, 0.5) is 0 Å². The predicted octanol–water partition coefficient (Wildman–Crippen LogP) is 1.17. The van der Waals surface area contributed by atoms with E-state index < -0.39 is 5.97 Å². The Morgan fingerprint density at radius 1 is 1.30 bits per heavy atom. The summed E-state index contributed by atoms with van der Waals surface area (Å²) in [6.45, 7) is 1.89. The zero-order chi connectivity index (χ0) is 14.4. The fourth-order valence-electron chi connectivity index (χ4n) is 1.66. The number of hydrogen-bond donors (Lipinski definition) is 1. The van der Waals surface area contributed by atoms with Crippen molar-refractivity contribution >= 4 is 11.9 Å². The van der Waals surface area contributed by atoms with E-state index in [4.69, 9.17) is 4.74 Å². The van der Waals surface area contributed by atoms with E-state index in [0.717, 1.165) is 5.69 Å². The minimum atomic E-state index is -0.448. The van der Waals surface area contributed by atoms with Crippen molar-refractivity contribution < 1.29 is 14.3 Å². The van der Waals surface area contributed by atoms with Gasteiger partial charge in [0.2, 0.25) is 0 Å². The molecule has 6 nitrogen and oxygen atoms in total. The lowest BCUT2D eigenvalue weighted by Gasteiger charge is -2.06. The molecule has 104 valence electrons. The average molecular weight is 273 g/mol. The molecule has 1 amide bonds. The van der Waals surface area contributed by atoms with Crippen LogP contribution in [0.2, 0.25) is 0 Å². The first kappa shape index (κ1) is 13.8. The maximum atomic E-state index is 11.8. The molecule has 20 heavy (non-hydrogen) atoms. The third kappa shape index (κ3) is 3.44. The summed E-state index contributed by atoms with van der Waals surface area (Å²) in [5, 5.41) is 2.51. The van der Waals surface area contributed by atoms with Crippen LogP contribution in [0.5, 0.6) is 0 Å². The van der Waals surface area contributed by atoms with Crippen molar-refractivity contribution in [1.29, 1.82) is 0 Å². The number of carbonyl (C=O) groups excluding carboxylic acids is 2. The van der Waals surface area contributed by atoms with E-state index in [1.807, 2.05) is 10.8 Å². The van der Waals surface area contributed by atoms with Crippen molar-refractivity contribution in [2.75, 3.05) is 13.2 Å². The second-order valence-corrected chi connectivity index (χ2v) is 4.00. The summed E-state index contributed by atoms with van der Waals surface area (Å²) in [7, 11) is 0. The Bertz CT molecular complexity index is 576. The number of nitrogens with one attached hydrogen (secondary N) is 1. The molecular formula is C14H15N3O3. The zero-order valence-electron chi connectivity index (χ0n) is 11.1. The standard InChI is InChI=1S/C14H15N3O3/c1-2-20-13(18)9-16-14(19)11-3-5-12(6-4-11)17-8-7-15-10-17/h3-8,10H,2,9H2,1H3,(H,16,19). The van der Waals surface area contributed by atoms with Crippen LogP contribution in [0.25, 0.3) is 5.69 Å². The first-order chi connectivity index (χ1) is 9.70. The summed E-state index contributed by atoms with van der Waals surface area (Å²) in [5.41, 5.74) is 1.39. The number of amides is 1. The lowest BCUT2D eigenvalue weighted by Crippen LogP contribution is -2.30. The molecule has 1 aromatic heterocycles. The van der Waals surface area contributed by atoms with Crippen LogP contribution in [-0.4, -0.2) is 34.6 Å². The Morgan fingerprint density at radius 2 is 2.05 bits per heavy atom. The smallest absolute Gasteiger partial charge is 0.325 e. The monoisotopic (exact) mass is 273 g/mol. The third-order valence-electron chi connectivity index (χ3n) is 2.63. The van der Waals surface area contributed by atoms with Gasteiger partial charge >= 0.3 is 5.97 Å². The summed E-state index contributed by atoms with van der Waals surface area (Å²) in [4.78, 5) is 26.9. The van der Waals surface area contributed by atoms with Gasteiger partial charge in [-0.25, -0.2) is 4.98 Å². The molecule has 0 saturated heterocycles. The molecule has 0 radical (unpaired) electrons. The Morgan fingerprint density at radius 3 is 2.65 bits per heavy atom. The highest BCUT2D eigenvalue weighted by atomic mass is 16.5. The second kappa shape index (κ2) is 6.51. The Hall–Kier alpha value is -2.63. The lowest BCUT2D eigenvalue weighted by molar-refractivity contribution is -0.141. The van der Waals surface area contributed by atoms with E-state index in [0.29, 0.717) is 12.2 Å². The van der Waals surface area contributed by atoms with E-state index in [2.05, 4.69) is 10.3 Å². The van der Waals surface area contributed by atoms with Gasteiger partial charge in [-0.1, -0.05) is 0 Å². The van der Waals surface area contributed by atoms with Crippen molar-refractivity contribution in [3.63, 3.8) is 0 Å². The molecule has 0 aliphatic rings. The van der Waals surface area contributed by atoms with Gasteiger partial charge in [0.25, 0.3) is 5.91 Å². The molecule has 6 heteroatoms. The van der Waals surface area contributed by atoms with Gasteiger partial charge in [0, 0.05) is 23.6 Å². The van der Waals surface area contributed by atoms with Crippen molar-refractivity contribution in [2.24, 2.45) is 0 Å². The fourth-order valence-corrected chi connectivity index (χ4v) is 1.66. The van der Waals surface area contributed by atoms with Crippen molar-refractivity contribution in [3.8, 4) is 5.69 Å². The van der Waals surface area contributed by atoms with Gasteiger partial charge in [0.1, 0.15) is 6.54 Å². The number of carbonyl (C=O) groups is 2. The molecular weight excluding hydrogens is 258 g/mol. The summed E-state index contributed by atoms with van der Waals surface area (Å²) in [5.74, 6) is -0.758. The normalized spacial score (nSPS) is 10.1. The molecule has 0 aliphatic heterocycles. The number of aromatic nitrogens is 2. The van der Waals surface area contributed by atoms with Gasteiger partial charge in [-0.2, -0.15) is 0 Å². The number of nitrogens with zero attached hydrogens (tertiary/aromatic N) is 2. The molecule has 0 atom stereocenters. The number of hydrogen-bond acceptors (Lipinski definition) is 4. The van der Waals surface area contributed by atoms with Gasteiger partial charge in [-0.15, -0.1) is 0 Å². The molecule has 1 N–H and O–H groups in total. The third-order valence-corrected chi connectivity index (χ3v) is 2.63. The minimum Gasteiger partial charge on any atom is -0.465 e. The quantitative estimate of drug-likeness (QED) is 0.830. The first-order valence-electron chi connectivity index (χ1n) is 6.23. The SMILES string of the molecule is CCOC(=O)CNC(=O)c1ccc(-n2ccnc2)cc1. The summed E-state index contributed by atoms with van der Waals surface area (Å²) in [6.07, 6.45) is 5.17. The van der Waals surface area contributed by atoms with Crippen molar-refractivity contribution in [1.82, 2.24) is 14.9 Å². The zero-order valence-corrected chi connectivity index (χ0v) is 11.1. The molecule has 0 spiro atoms. The fraction of sp³-hybridized carbons (Fsp3) is 0.214. The Kier molecular flexibility index (Phi) is 4.49. The lowest BCUT2D eigenvalue weighted by atomic mass is 10.2. The van der Waals surface area contributed by atoms with Gasteiger partial charge in [-0.3, -0.25) is 9.59 Å². The first-order valence-corrected chi connectivity index (χ1v) is 6.23. The topological polar surface area (TPSA) is 73.2 Å². The number of ether oxygens (including phenoxy) is 1. The van der Waals surface area contributed by atoms with Crippen LogP contribution in [0.3, 0.4) is 0 Å². The molecule has 2 aromatic rings. The number of benzene rings is 1. The van der Waals surface area contributed by atoms with Crippen LogP contribution >= 0.6 is 0 Å². The van der Waals surface area contributed by atoms with Gasteiger partial charge in [0.05, 0.1) is 12.9 Å². The maximum absolute atomic E-state index is 11.8. The molecule has 2 rings (SSSR count). The second-order valence-electron chi connectivity index (χ2n) is 4.00. The van der Waals surface area contributed by atoms with E-state index in [1.165, 1.54) is 0 Å². The number of esters is 1. The van der Waals surface area contributed by atoms with Gasteiger partial charge in [0.15, 0.2) is 0 Å². The van der Waals surface area contributed by atoms with Crippen LogP contribution < -0.4 is 5.32 Å². The molecule has 1 heterocycles. The van der Waals surface area contributed by atoms with Crippen LogP contribution in [0.1, 0.15) is 17.3 Å². The highest BCUT2D eigenvalue weighted by molar-refractivity contribution is 5.96. The highest BCUT2D eigenvalue weighted by Gasteiger charge is 2.08. The molecule has 0 fully saturated rings. The molecule has 1 aromatic carbocycles. The summed E-state index contributed by atoms with van der Waals surface area (Å²) < 4.78 is 6.57. The number of rotatable bonds is 5. The maximum Gasteiger partial charge on any atom is 0.325 e. The molecule has 0 aliphatic carbocycles. The summed E-state index contributed by atoms with van der Waals surface area (Å²) in [6, 6.07) is 6.99. The van der Waals surface area contributed by atoms with Gasteiger partial charge < -0.3 is 14.6 Å². The largest absolute Gasteiger partial charge is 0.465 e. The molecule has 0 bridgehead atoms. The van der Waals surface area contributed by atoms with Crippen LogP contribution in [-0.2, 0) is 9.53 Å². The van der Waals surface area contributed by atoms with Crippen LogP contribution in [0, 0.1) is 0 Å². The molecule has 0 saturated carbocycles. The van der Waals surface area contributed by atoms with Gasteiger partial charge in [-0.05, 0) is 31.2 Å². The van der Waals surface area contributed by atoms with Crippen LogP contribution in [0.15, 0.2) is 43.0 Å². The number of imidazole rings is 1. The van der Waals surface area contributed by atoms with E-state index in [-0.39, 0.29) is 12.5 Å². The Labute approximate surface area is 116 Å². The van der Waals surface area contributed by atoms with E-state index in [1.54, 1.807) is 43.7 Å². The van der Waals surface area contributed by atoms with E-state index in [9.17, 15) is 9.59 Å². The summed E-state index contributed by atoms with van der Waals surface area (Å²) >= 11 is 0. The average Bonchev–Trinajstić information content (AvgIpc) is 2.99. The predicted molar refractivity (Wildman–Crippen MR) is 72.5 cm³/mol. The van der Waals surface area contributed by atoms with E-state index >= 15 is 0 Å².